The molecule has 0 bridgehead atoms. The SMILES string of the molecule is COCCOCCCNC(=O)C(CN)OC. The maximum atomic E-state index is 11.4. The number of hydrogen-bond acceptors (Lipinski definition) is 5. The molecule has 0 heterocycles. The Bertz CT molecular complexity index is 174. The van der Waals surface area contributed by atoms with Gasteiger partial charge in [-0.15, -0.1) is 0 Å². The van der Waals surface area contributed by atoms with Gasteiger partial charge < -0.3 is 25.3 Å². The number of nitrogens with two attached hydrogens (primary N) is 1. The molecule has 0 spiro atoms. The van der Waals surface area contributed by atoms with Crippen molar-refractivity contribution in [3.63, 3.8) is 0 Å². The summed E-state index contributed by atoms with van der Waals surface area (Å²) < 4.78 is 14.9. The summed E-state index contributed by atoms with van der Waals surface area (Å²) in [5.74, 6) is -0.179. The first kappa shape index (κ1) is 15.3. The Kier molecular flexibility index (Phi) is 10.3. The third-order valence-electron chi connectivity index (χ3n) is 1.99. The van der Waals surface area contributed by atoms with E-state index in [0.29, 0.717) is 26.4 Å². The maximum Gasteiger partial charge on any atom is 0.250 e. The van der Waals surface area contributed by atoms with Crippen molar-refractivity contribution >= 4 is 5.91 Å². The summed E-state index contributed by atoms with van der Waals surface area (Å²) in [6.07, 6.45) is 0.200. The van der Waals surface area contributed by atoms with Gasteiger partial charge in [-0.05, 0) is 6.42 Å². The molecular formula is C10H22N2O4. The molecule has 0 fully saturated rings. The Labute approximate surface area is 96.4 Å². The molecule has 0 saturated heterocycles. The highest BCUT2D eigenvalue weighted by molar-refractivity contribution is 5.80. The van der Waals surface area contributed by atoms with Crippen LogP contribution in [-0.2, 0) is 19.0 Å². The van der Waals surface area contributed by atoms with Crippen LogP contribution in [0.2, 0.25) is 0 Å². The lowest BCUT2D eigenvalue weighted by molar-refractivity contribution is -0.130. The summed E-state index contributed by atoms with van der Waals surface area (Å²) in [6.45, 7) is 2.52. The van der Waals surface area contributed by atoms with Gasteiger partial charge in [-0.3, -0.25) is 4.79 Å². The third-order valence-corrected chi connectivity index (χ3v) is 1.99. The van der Waals surface area contributed by atoms with Crippen LogP contribution in [0.4, 0.5) is 0 Å². The third kappa shape index (κ3) is 7.58. The number of nitrogens with one attached hydrogen (secondary N) is 1. The second-order valence-electron chi connectivity index (χ2n) is 3.21. The molecule has 16 heavy (non-hydrogen) atoms. The van der Waals surface area contributed by atoms with Gasteiger partial charge in [0, 0.05) is 33.9 Å². The predicted molar refractivity (Wildman–Crippen MR) is 60.2 cm³/mol. The van der Waals surface area contributed by atoms with Crippen molar-refractivity contribution in [2.24, 2.45) is 5.73 Å². The number of ether oxygens (including phenoxy) is 3. The Hall–Kier alpha value is -0.690. The fourth-order valence-corrected chi connectivity index (χ4v) is 1.05. The van der Waals surface area contributed by atoms with Crippen LogP contribution in [0.3, 0.4) is 0 Å². The normalized spacial score (nSPS) is 12.4. The van der Waals surface area contributed by atoms with Crippen molar-refractivity contribution < 1.29 is 19.0 Å². The largest absolute Gasteiger partial charge is 0.382 e. The zero-order valence-corrected chi connectivity index (χ0v) is 10.0. The lowest BCUT2D eigenvalue weighted by Gasteiger charge is -2.12. The monoisotopic (exact) mass is 234 g/mol. The standard InChI is InChI=1S/C10H22N2O4/c1-14-6-7-16-5-3-4-12-10(13)9(8-11)15-2/h9H,3-8,11H2,1-2H3,(H,12,13). The molecule has 96 valence electrons. The van der Waals surface area contributed by atoms with E-state index in [9.17, 15) is 4.79 Å². The molecule has 0 radical (unpaired) electrons. The average molecular weight is 234 g/mol. The minimum Gasteiger partial charge on any atom is -0.382 e. The first-order valence-electron chi connectivity index (χ1n) is 5.33. The van der Waals surface area contributed by atoms with E-state index < -0.39 is 6.10 Å². The molecule has 0 aliphatic carbocycles. The van der Waals surface area contributed by atoms with E-state index in [1.165, 1.54) is 7.11 Å². The van der Waals surface area contributed by atoms with E-state index in [-0.39, 0.29) is 12.5 Å². The van der Waals surface area contributed by atoms with Gasteiger partial charge in [0.15, 0.2) is 0 Å². The number of rotatable bonds is 10. The smallest absolute Gasteiger partial charge is 0.250 e. The molecular weight excluding hydrogens is 212 g/mol. The van der Waals surface area contributed by atoms with E-state index in [1.54, 1.807) is 7.11 Å². The number of methoxy groups -OCH3 is 2. The van der Waals surface area contributed by atoms with Crippen LogP contribution in [-0.4, -0.2) is 59.1 Å². The quantitative estimate of drug-likeness (QED) is 0.480. The summed E-state index contributed by atoms with van der Waals surface area (Å²) in [7, 11) is 3.09. The molecule has 0 aromatic rings. The van der Waals surface area contributed by atoms with E-state index in [1.807, 2.05) is 0 Å². The summed E-state index contributed by atoms with van der Waals surface area (Å²) >= 11 is 0. The van der Waals surface area contributed by atoms with Gasteiger partial charge >= 0.3 is 0 Å². The molecule has 0 saturated carbocycles. The van der Waals surface area contributed by atoms with Gasteiger partial charge in [-0.1, -0.05) is 0 Å². The Morgan fingerprint density at radius 1 is 1.31 bits per heavy atom. The summed E-state index contributed by atoms with van der Waals surface area (Å²) in [6, 6.07) is 0. The minimum atomic E-state index is -0.561. The molecule has 6 heteroatoms. The molecule has 3 N–H and O–H groups in total. The van der Waals surface area contributed by atoms with Gasteiger partial charge in [-0.25, -0.2) is 0 Å². The summed E-state index contributed by atoms with van der Waals surface area (Å²) in [5.41, 5.74) is 5.35. The van der Waals surface area contributed by atoms with Crippen LogP contribution in [0.5, 0.6) is 0 Å². The molecule has 0 aromatic carbocycles. The molecule has 6 nitrogen and oxygen atoms in total. The molecule has 0 rings (SSSR count). The van der Waals surface area contributed by atoms with E-state index in [4.69, 9.17) is 19.9 Å². The predicted octanol–water partition coefficient (Wildman–Crippen LogP) is -0.871. The Balaban J connectivity index is 3.33. The van der Waals surface area contributed by atoms with Crippen LogP contribution in [0, 0.1) is 0 Å². The minimum absolute atomic E-state index is 0.179. The molecule has 0 aliphatic rings. The van der Waals surface area contributed by atoms with E-state index >= 15 is 0 Å². The van der Waals surface area contributed by atoms with Crippen LogP contribution in [0.15, 0.2) is 0 Å². The van der Waals surface area contributed by atoms with Gasteiger partial charge in [0.25, 0.3) is 0 Å². The van der Waals surface area contributed by atoms with Crippen molar-refractivity contribution in [1.29, 1.82) is 0 Å². The van der Waals surface area contributed by atoms with Crippen LogP contribution in [0.1, 0.15) is 6.42 Å². The Morgan fingerprint density at radius 2 is 2.06 bits per heavy atom. The maximum absolute atomic E-state index is 11.4. The number of hydrogen-bond donors (Lipinski definition) is 2. The van der Waals surface area contributed by atoms with Gasteiger partial charge in [0.2, 0.25) is 5.91 Å². The zero-order chi connectivity index (χ0) is 12.2. The lowest BCUT2D eigenvalue weighted by atomic mass is 10.3. The fourth-order valence-electron chi connectivity index (χ4n) is 1.05. The molecule has 1 amide bonds. The van der Waals surface area contributed by atoms with Crippen molar-refractivity contribution in [1.82, 2.24) is 5.32 Å². The van der Waals surface area contributed by atoms with E-state index in [0.717, 1.165) is 6.42 Å². The van der Waals surface area contributed by atoms with Crippen LogP contribution in [0.25, 0.3) is 0 Å². The summed E-state index contributed by atoms with van der Waals surface area (Å²) in [5, 5.41) is 2.72. The van der Waals surface area contributed by atoms with Gasteiger partial charge in [0.1, 0.15) is 6.10 Å². The topological polar surface area (TPSA) is 82.8 Å². The molecule has 1 atom stereocenters. The molecule has 1 unspecified atom stereocenters. The highest BCUT2D eigenvalue weighted by Crippen LogP contribution is 1.88. The second kappa shape index (κ2) is 10.8. The van der Waals surface area contributed by atoms with E-state index in [2.05, 4.69) is 5.32 Å². The number of carbonyl (C=O) groups is 1. The highest BCUT2D eigenvalue weighted by atomic mass is 16.5. The first-order chi connectivity index (χ1) is 7.76. The number of amides is 1. The van der Waals surface area contributed by atoms with Crippen LogP contribution < -0.4 is 11.1 Å². The van der Waals surface area contributed by atoms with Crippen molar-refractivity contribution in [3.8, 4) is 0 Å². The van der Waals surface area contributed by atoms with Crippen molar-refractivity contribution in [3.05, 3.63) is 0 Å². The zero-order valence-electron chi connectivity index (χ0n) is 10.0. The number of carbonyl (C=O) groups excluding carboxylic acids is 1. The highest BCUT2D eigenvalue weighted by Gasteiger charge is 2.14. The summed E-state index contributed by atoms with van der Waals surface area (Å²) in [4.78, 5) is 11.4. The van der Waals surface area contributed by atoms with Gasteiger partial charge in [0.05, 0.1) is 13.2 Å². The lowest BCUT2D eigenvalue weighted by Crippen LogP contribution is -2.41. The Morgan fingerprint density at radius 3 is 2.62 bits per heavy atom. The molecule has 0 aliphatic heterocycles. The first-order valence-corrected chi connectivity index (χ1v) is 5.33. The molecule has 0 aromatic heterocycles. The van der Waals surface area contributed by atoms with Crippen LogP contribution >= 0.6 is 0 Å². The van der Waals surface area contributed by atoms with Crippen molar-refractivity contribution in [2.75, 3.05) is 47.1 Å². The van der Waals surface area contributed by atoms with Gasteiger partial charge in [-0.2, -0.15) is 0 Å². The second-order valence-corrected chi connectivity index (χ2v) is 3.21. The average Bonchev–Trinajstić information content (AvgIpc) is 2.29. The van der Waals surface area contributed by atoms with Crippen molar-refractivity contribution in [2.45, 2.75) is 12.5 Å². The fraction of sp³-hybridized carbons (Fsp3) is 0.900.